The average Bonchev–Trinajstić information content (AvgIpc) is 3.04. The quantitative estimate of drug-likeness (QED) is 0.762. The van der Waals surface area contributed by atoms with Crippen molar-refractivity contribution >= 4 is 6.03 Å². The Labute approximate surface area is 149 Å². The fourth-order valence-corrected chi connectivity index (χ4v) is 3.44. The Hall–Kier alpha value is -2.33. The molecule has 3 rings (SSSR count). The molecule has 4 heteroatoms. The van der Waals surface area contributed by atoms with Crippen LogP contribution in [0.4, 0.5) is 4.79 Å². The molecule has 132 valence electrons. The summed E-state index contributed by atoms with van der Waals surface area (Å²) in [6.07, 6.45) is 3.58. The highest BCUT2D eigenvalue weighted by molar-refractivity contribution is 5.73. The lowest BCUT2D eigenvalue weighted by Crippen LogP contribution is -2.48. The van der Waals surface area contributed by atoms with Gasteiger partial charge in [-0.25, -0.2) is 4.79 Å². The Morgan fingerprint density at radius 1 is 1.00 bits per heavy atom. The minimum atomic E-state index is -0.328. The molecule has 0 aromatic heterocycles. The number of urea groups is 1. The molecule has 1 aliphatic carbocycles. The van der Waals surface area contributed by atoms with Gasteiger partial charge in [0.25, 0.3) is 0 Å². The van der Waals surface area contributed by atoms with Crippen molar-refractivity contribution in [2.75, 3.05) is 20.2 Å². The molecule has 1 aliphatic rings. The predicted octanol–water partition coefficient (Wildman–Crippen LogP) is 3.10. The van der Waals surface area contributed by atoms with Crippen LogP contribution in [0.1, 0.15) is 23.1 Å². The highest BCUT2D eigenvalue weighted by Gasteiger charge is 2.37. The zero-order valence-corrected chi connectivity index (χ0v) is 14.8. The Morgan fingerprint density at radius 2 is 1.64 bits per heavy atom. The number of aryl methyl sites for hydroxylation is 1. The number of fused-ring (bicyclic) bond motifs is 1. The Morgan fingerprint density at radius 3 is 2.28 bits per heavy atom. The number of carbonyl (C=O) groups excluding carboxylic acids is 1. The van der Waals surface area contributed by atoms with Crippen molar-refractivity contribution in [3.8, 4) is 0 Å². The lowest BCUT2D eigenvalue weighted by Gasteiger charge is -2.27. The lowest BCUT2D eigenvalue weighted by atomic mass is 10.0. The van der Waals surface area contributed by atoms with Gasteiger partial charge in [-0.05, 0) is 29.5 Å². The van der Waals surface area contributed by atoms with Crippen LogP contribution >= 0.6 is 0 Å². The van der Waals surface area contributed by atoms with Crippen molar-refractivity contribution in [3.05, 3.63) is 71.3 Å². The predicted molar refractivity (Wildman–Crippen MR) is 99.8 cm³/mol. The molecular weight excluding hydrogens is 312 g/mol. The third-order valence-corrected chi connectivity index (χ3v) is 4.92. The van der Waals surface area contributed by atoms with E-state index in [0.29, 0.717) is 13.1 Å². The molecule has 2 aromatic carbocycles. The molecule has 0 heterocycles. The third-order valence-electron chi connectivity index (χ3n) is 4.92. The molecule has 0 unspecified atom stereocenters. The van der Waals surface area contributed by atoms with E-state index in [9.17, 15) is 4.79 Å². The van der Waals surface area contributed by atoms with E-state index in [1.165, 1.54) is 16.7 Å². The molecule has 0 saturated carbocycles. The maximum atomic E-state index is 12.1. The number of carbonyl (C=O) groups is 1. The van der Waals surface area contributed by atoms with Gasteiger partial charge in [-0.1, -0.05) is 54.6 Å². The van der Waals surface area contributed by atoms with Gasteiger partial charge in [0.15, 0.2) is 0 Å². The summed E-state index contributed by atoms with van der Waals surface area (Å²) in [6.45, 7) is 1.18. The lowest BCUT2D eigenvalue weighted by molar-refractivity contribution is 0.00178. The maximum absolute atomic E-state index is 12.1. The largest absolute Gasteiger partial charge is 0.376 e. The zero-order chi connectivity index (χ0) is 17.5. The second-order valence-corrected chi connectivity index (χ2v) is 6.71. The van der Waals surface area contributed by atoms with E-state index in [1.807, 2.05) is 18.2 Å². The SMILES string of the molecule is COC1(CNC(=O)NCCCc2ccccc2)Cc2ccccc2C1. The molecule has 4 nitrogen and oxygen atoms in total. The molecule has 2 aromatic rings. The topological polar surface area (TPSA) is 50.4 Å². The maximum Gasteiger partial charge on any atom is 0.314 e. The van der Waals surface area contributed by atoms with Gasteiger partial charge in [-0.15, -0.1) is 0 Å². The van der Waals surface area contributed by atoms with Crippen LogP contribution in [0.25, 0.3) is 0 Å². The average molecular weight is 338 g/mol. The van der Waals surface area contributed by atoms with Crippen LogP contribution in [0.5, 0.6) is 0 Å². The minimum Gasteiger partial charge on any atom is -0.376 e. The Bertz CT molecular complexity index is 675. The first-order valence-electron chi connectivity index (χ1n) is 8.88. The number of methoxy groups -OCH3 is 1. The summed E-state index contributed by atoms with van der Waals surface area (Å²) in [6, 6.07) is 18.6. The molecule has 0 fully saturated rings. The molecule has 0 aliphatic heterocycles. The Kier molecular flexibility index (Phi) is 5.71. The number of hydrogen-bond donors (Lipinski definition) is 2. The molecule has 2 N–H and O–H groups in total. The van der Waals surface area contributed by atoms with Gasteiger partial charge < -0.3 is 15.4 Å². The van der Waals surface area contributed by atoms with Crippen molar-refractivity contribution < 1.29 is 9.53 Å². The van der Waals surface area contributed by atoms with E-state index in [2.05, 4.69) is 47.0 Å². The number of ether oxygens (including phenoxy) is 1. The van der Waals surface area contributed by atoms with Crippen LogP contribution < -0.4 is 10.6 Å². The van der Waals surface area contributed by atoms with Gasteiger partial charge in [0, 0.05) is 33.0 Å². The number of benzene rings is 2. The van der Waals surface area contributed by atoms with Gasteiger partial charge >= 0.3 is 6.03 Å². The van der Waals surface area contributed by atoms with Crippen molar-refractivity contribution in [1.82, 2.24) is 10.6 Å². The first-order chi connectivity index (χ1) is 12.2. The number of amides is 2. The molecule has 2 amide bonds. The molecular formula is C21H26N2O2. The van der Waals surface area contributed by atoms with Crippen molar-refractivity contribution in [2.45, 2.75) is 31.3 Å². The first-order valence-corrected chi connectivity index (χ1v) is 8.88. The van der Waals surface area contributed by atoms with Crippen LogP contribution in [-0.4, -0.2) is 31.8 Å². The highest BCUT2D eigenvalue weighted by atomic mass is 16.5. The summed E-state index contributed by atoms with van der Waals surface area (Å²) in [5.74, 6) is 0. The summed E-state index contributed by atoms with van der Waals surface area (Å²) >= 11 is 0. The molecule has 0 saturated heterocycles. The number of hydrogen-bond acceptors (Lipinski definition) is 2. The summed E-state index contributed by atoms with van der Waals surface area (Å²) in [5, 5.41) is 5.91. The van der Waals surface area contributed by atoms with E-state index in [4.69, 9.17) is 4.74 Å². The van der Waals surface area contributed by atoms with Gasteiger partial charge in [0.05, 0.1) is 5.60 Å². The smallest absolute Gasteiger partial charge is 0.314 e. The van der Waals surface area contributed by atoms with E-state index >= 15 is 0 Å². The second-order valence-electron chi connectivity index (χ2n) is 6.71. The van der Waals surface area contributed by atoms with E-state index < -0.39 is 0 Å². The second kappa shape index (κ2) is 8.17. The van der Waals surface area contributed by atoms with E-state index in [-0.39, 0.29) is 11.6 Å². The molecule has 0 bridgehead atoms. The van der Waals surface area contributed by atoms with Crippen LogP contribution in [0.15, 0.2) is 54.6 Å². The van der Waals surface area contributed by atoms with Gasteiger partial charge in [0.2, 0.25) is 0 Å². The minimum absolute atomic E-state index is 0.125. The Balaban J connectivity index is 1.40. The van der Waals surface area contributed by atoms with Crippen LogP contribution in [-0.2, 0) is 24.0 Å². The van der Waals surface area contributed by atoms with E-state index in [1.54, 1.807) is 7.11 Å². The summed E-state index contributed by atoms with van der Waals surface area (Å²) in [7, 11) is 1.73. The standard InChI is InChI=1S/C21H26N2O2/c1-25-21(14-18-11-5-6-12-19(18)15-21)16-23-20(24)22-13-7-10-17-8-3-2-4-9-17/h2-6,8-9,11-12H,7,10,13-16H2,1H3,(H2,22,23,24). The number of nitrogens with one attached hydrogen (secondary N) is 2. The third kappa shape index (κ3) is 4.60. The van der Waals surface area contributed by atoms with Gasteiger partial charge in [0.1, 0.15) is 0 Å². The molecule has 0 radical (unpaired) electrons. The fourth-order valence-electron chi connectivity index (χ4n) is 3.44. The fraction of sp³-hybridized carbons (Fsp3) is 0.381. The first kappa shape index (κ1) is 17.5. The van der Waals surface area contributed by atoms with Crippen LogP contribution in [0.3, 0.4) is 0 Å². The van der Waals surface area contributed by atoms with Crippen molar-refractivity contribution in [2.24, 2.45) is 0 Å². The van der Waals surface area contributed by atoms with Crippen molar-refractivity contribution in [3.63, 3.8) is 0 Å². The van der Waals surface area contributed by atoms with E-state index in [0.717, 1.165) is 25.7 Å². The summed E-state index contributed by atoms with van der Waals surface area (Å²) in [4.78, 5) is 12.1. The molecule has 0 spiro atoms. The van der Waals surface area contributed by atoms with Gasteiger partial charge in [-0.3, -0.25) is 0 Å². The van der Waals surface area contributed by atoms with Gasteiger partial charge in [-0.2, -0.15) is 0 Å². The monoisotopic (exact) mass is 338 g/mol. The van der Waals surface area contributed by atoms with Crippen LogP contribution in [0.2, 0.25) is 0 Å². The summed E-state index contributed by atoms with van der Waals surface area (Å²) < 4.78 is 5.77. The molecule has 0 atom stereocenters. The van der Waals surface area contributed by atoms with Crippen LogP contribution in [0, 0.1) is 0 Å². The normalized spacial score (nSPS) is 14.8. The zero-order valence-electron chi connectivity index (χ0n) is 14.8. The van der Waals surface area contributed by atoms with Crippen molar-refractivity contribution in [1.29, 1.82) is 0 Å². The molecule has 25 heavy (non-hydrogen) atoms. The number of rotatable bonds is 7. The summed E-state index contributed by atoms with van der Waals surface area (Å²) in [5.41, 5.74) is 3.60. The highest BCUT2D eigenvalue weighted by Crippen LogP contribution is 2.31.